The average molecular weight is 288 g/mol. The molecule has 1 aliphatic heterocycles. The lowest BCUT2D eigenvalue weighted by Crippen LogP contribution is -2.41. The molecule has 3 heteroatoms. The Morgan fingerprint density at radius 3 is 2.90 bits per heavy atom. The van der Waals surface area contributed by atoms with Crippen molar-refractivity contribution in [2.24, 2.45) is 5.92 Å². The fraction of sp³-hybridized carbons (Fsp3) is 0.667. The zero-order valence-electron chi connectivity index (χ0n) is 13.4. The minimum atomic E-state index is 0.816. The van der Waals surface area contributed by atoms with E-state index in [0.717, 1.165) is 30.8 Å². The quantitative estimate of drug-likeness (QED) is 0.900. The summed E-state index contributed by atoms with van der Waals surface area (Å²) in [5.41, 5.74) is 2.69. The molecule has 1 saturated heterocycles. The molecule has 1 aliphatic carbocycles. The SMILES string of the molecule is CNCc1ccc(OC)c(CN2CCCC3CCCC32)c1. The van der Waals surface area contributed by atoms with Gasteiger partial charge in [-0.3, -0.25) is 4.90 Å². The molecule has 0 bridgehead atoms. The largest absolute Gasteiger partial charge is 0.496 e. The van der Waals surface area contributed by atoms with Crippen molar-refractivity contribution in [3.8, 4) is 5.75 Å². The van der Waals surface area contributed by atoms with Crippen molar-refractivity contribution in [3.05, 3.63) is 29.3 Å². The number of methoxy groups -OCH3 is 1. The van der Waals surface area contributed by atoms with Gasteiger partial charge in [-0.25, -0.2) is 0 Å². The van der Waals surface area contributed by atoms with Gasteiger partial charge in [-0.2, -0.15) is 0 Å². The highest BCUT2D eigenvalue weighted by Gasteiger charge is 2.34. The molecule has 0 radical (unpaired) electrons. The van der Waals surface area contributed by atoms with E-state index in [2.05, 4.69) is 28.4 Å². The molecule has 2 atom stereocenters. The summed E-state index contributed by atoms with van der Waals surface area (Å²) in [7, 11) is 3.78. The monoisotopic (exact) mass is 288 g/mol. The highest BCUT2D eigenvalue weighted by molar-refractivity contribution is 5.37. The molecule has 1 saturated carbocycles. The van der Waals surface area contributed by atoms with Crippen molar-refractivity contribution in [2.45, 2.75) is 51.2 Å². The Morgan fingerprint density at radius 2 is 2.10 bits per heavy atom. The van der Waals surface area contributed by atoms with Crippen molar-refractivity contribution in [1.29, 1.82) is 0 Å². The smallest absolute Gasteiger partial charge is 0.123 e. The number of hydrogen-bond acceptors (Lipinski definition) is 3. The summed E-state index contributed by atoms with van der Waals surface area (Å²) in [6.45, 7) is 3.21. The molecule has 21 heavy (non-hydrogen) atoms. The Kier molecular flexibility index (Phi) is 4.81. The van der Waals surface area contributed by atoms with E-state index in [1.54, 1.807) is 7.11 Å². The van der Waals surface area contributed by atoms with Crippen LogP contribution < -0.4 is 10.1 Å². The van der Waals surface area contributed by atoms with Crippen LogP contribution in [0.4, 0.5) is 0 Å². The van der Waals surface area contributed by atoms with E-state index >= 15 is 0 Å². The minimum Gasteiger partial charge on any atom is -0.496 e. The Morgan fingerprint density at radius 1 is 1.24 bits per heavy atom. The Bertz CT molecular complexity index is 474. The maximum absolute atomic E-state index is 5.58. The second-order valence-corrected chi connectivity index (χ2v) is 6.55. The fourth-order valence-electron chi connectivity index (χ4n) is 4.24. The van der Waals surface area contributed by atoms with E-state index in [-0.39, 0.29) is 0 Å². The number of hydrogen-bond donors (Lipinski definition) is 1. The molecule has 116 valence electrons. The first-order valence-corrected chi connectivity index (χ1v) is 8.36. The van der Waals surface area contributed by atoms with Crippen LogP contribution in [-0.4, -0.2) is 31.6 Å². The lowest BCUT2D eigenvalue weighted by atomic mass is 9.91. The van der Waals surface area contributed by atoms with Crippen LogP contribution in [0.3, 0.4) is 0 Å². The first-order valence-electron chi connectivity index (χ1n) is 8.36. The summed E-state index contributed by atoms with van der Waals surface area (Å²) in [5, 5.41) is 3.23. The van der Waals surface area contributed by atoms with Gasteiger partial charge in [0.2, 0.25) is 0 Å². The molecule has 2 fully saturated rings. The molecule has 3 nitrogen and oxygen atoms in total. The number of piperidine rings is 1. The second kappa shape index (κ2) is 6.80. The Balaban J connectivity index is 1.77. The van der Waals surface area contributed by atoms with E-state index in [1.807, 2.05) is 7.05 Å². The summed E-state index contributed by atoms with van der Waals surface area (Å²) in [6, 6.07) is 7.41. The topological polar surface area (TPSA) is 24.5 Å². The molecule has 3 rings (SSSR count). The lowest BCUT2D eigenvalue weighted by Gasteiger charge is -2.38. The van der Waals surface area contributed by atoms with Gasteiger partial charge in [0.05, 0.1) is 7.11 Å². The number of ether oxygens (including phenoxy) is 1. The second-order valence-electron chi connectivity index (χ2n) is 6.55. The predicted molar refractivity (Wildman–Crippen MR) is 86.5 cm³/mol. The zero-order valence-corrected chi connectivity index (χ0v) is 13.4. The van der Waals surface area contributed by atoms with Gasteiger partial charge in [0.1, 0.15) is 5.75 Å². The van der Waals surface area contributed by atoms with Gasteiger partial charge in [0, 0.05) is 24.7 Å². The van der Waals surface area contributed by atoms with E-state index in [9.17, 15) is 0 Å². The number of nitrogens with one attached hydrogen (secondary N) is 1. The van der Waals surface area contributed by atoms with Crippen LogP contribution in [-0.2, 0) is 13.1 Å². The molecule has 1 aromatic carbocycles. The normalized spacial score (nSPS) is 25.8. The Labute approximate surface area is 128 Å². The number of nitrogens with zero attached hydrogens (tertiary/aromatic N) is 1. The van der Waals surface area contributed by atoms with Gasteiger partial charge in [0.25, 0.3) is 0 Å². The van der Waals surface area contributed by atoms with Gasteiger partial charge in [0.15, 0.2) is 0 Å². The number of likely N-dealkylation sites (tertiary alicyclic amines) is 1. The van der Waals surface area contributed by atoms with Crippen LogP contribution in [0.15, 0.2) is 18.2 Å². The van der Waals surface area contributed by atoms with E-state index in [1.165, 1.54) is 49.8 Å². The predicted octanol–water partition coefficient (Wildman–Crippen LogP) is 3.18. The zero-order chi connectivity index (χ0) is 14.7. The maximum atomic E-state index is 5.58. The third-order valence-corrected chi connectivity index (χ3v) is 5.21. The standard InChI is InChI=1S/C18H28N2O/c1-19-12-14-8-9-18(21-2)16(11-14)13-20-10-4-6-15-5-3-7-17(15)20/h8-9,11,15,17,19H,3-7,10,12-13H2,1-2H3. The first kappa shape index (κ1) is 14.9. The van der Waals surface area contributed by atoms with Gasteiger partial charge in [-0.1, -0.05) is 12.5 Å². The molecule has 0 spiro atoms. The highest BCUT2D eigenvalue weighted by atomic mass is 16.5. The maximum Gasteiger partial charge on any atom is 0.123 e. The highest BCUT2D eigenvalue weighted by Crippen LogP contribution is 2.38. The van der Waals surface area contributed by atoms with Crippen molar-refractivity contribution in [3.63, 3.8) is 0 Å². The molecular weight excluding hydrogens is 260 g/mol. The number of benzene rings is 1. The molecule has 1 N–H and O–H groups in total. The summed E-state index contributed by atoms with van der Waals surface area (Å²) < 4.78 is 5.58. The fourth-order valence-corrected chi connectivity index (χ4v) is 4.24. The van der Waals surface area contributed by atoms with E-state index in [4.69, 9.17) is 4.74 Å². The first-order chi connectivity index (χ1) is 10.3. The van der Waals surface area contributed by atoms with Crippen molar-refractivity contribution in [1.82, 2.24) is 10.2 Å². The van der Waals surface area contributed by atoms with Crippen LogP contribution in [0.1, 0.15) is 43.2 Å². The van der Waals surface area contributed by atoms with Crippen LogP contribution >= 0.6 is 0 Å². The van der Waals surface area contributed by atoms with Gasteiger partial charge < -0.3 is 10.1 Å². The molecule has 2 aliphatic rings. The minimum absolute atomic E-state index is 0.816. The van der Waals surface area contributed by atoms with Crippen molar-refractivity contribution >= 4 is 0 Å². The van der Waals surface area contributed by atoms with Gasteiger partial charge in [-0.15, -0.1) is 0 Å². The third kappa shape index (κ3) is 3.24. The van der Waals surface area contributed by atoms with Crippen molar-refractivity contribution < 1.29 is 4.74 Å². The van der Waals surface area contributed by atoms with E-state index < -0.39 is 0 Å². The summed E-state index contributed by atoms with van der Waals surface area (Å²) >= 11 is 0. The Hall–Kier alpha value is -1.06. The van der Waals surface area contributed by atoms with Crippen molar-refractivity contribution in [2.75, 3.05) is 20.7 Å². The van der Waals surface area contributed by atoms with Crippen LogP contribution in [0.2, 0.25) is 0 Å². The molecular formula is C18H28N2O. The van der Waals surface area contributed by atoms with Gasteiger partial charge >= 0.3 is 0 Å². The number of fused-ring (bicyclic) bond motifs is 1. The molecule has 0 aromatic heterocycles. The molecule has 1 aromatic rings. The molecule has 1 heterocycles. The molecule has 2 unspecified atom stereocenters. The number of rotatable bonds is 5. The van der Waals surface area contributed by atoms with Crippen LogP contribution in [0.25, 0.3) is 0 Å². The lowest BCUT2D eigenvalue weighted by molar-refractivity contribution is 0.105. The third-order valence-electron chi connectivity index (χ3n) is 5.21. The summed E-state index contributed by atoms with van der Waals surface area (Å²) in [4.78, 5) is 2.71. The molecule has 0 amide bonds. The average Bonchev–Trinajstić information content (AvgIpc) is 2.97. The van der Waals surface area contributed by atoms with Crippen LogP contribution in [0, 0.1) is 5.92 Å². The van der Waals surface area contributed by atoms with E-state index in [0.29, 0.717) is 0 Å². The van der Waals surface area contributed by atoms with Crippen LogP contribution in [0.5, 0.6) is 5.75 Å². The summed E-state index contributed by atoms with van der Waals surface area (Å²) in [5.74, 6) is 1.99. The van der Waals surface area contributed by atoms with Gasteiger partial charge in [-0.05, 0) is 62.9 Å². The summed E-state index contributed by atoms with van der Waals surface area (Å²) in [6.07, 6.45) is 7.06.